The molecule has 4 rings (SSSR count). The van der Waals surface area contributed by atoms with Gasteiger partial charge < -0.3 is 29.3 Å². The number of nitrogens with zero attached hydrogens (tertiary/aromatic N) is 2. The van der Waals surface area contributed by atoms with E-state index in [1.807, 2.05) is 54.3 Å². The fraction of sp³-hybridized carbons (Fsp3) is 0.350. The Balaban J connectivity index is 1.36. The molecule has 0 aliphatic carbocycles. The van der Waals surface area contributed by atoms with E-state index < -0.39 is 0 Å². The van der Waals surface area contributed by atoms with Crippen LogP contribution in [0, 0.1) is 0 Å². The summed E-state index contributed by atoms with van der Waals surface area (Å²) in [6.07, 6.45) is 0. The molecule has 0 bridgehead atoms. The van der Waals surface area contributed by atoms with Crippen LogP contribution in [-0.4, -0.2) is 50.5 Å². The Morgan fingerprint density at radius 3 is 2.67 bits per heavy atom. The van der Waals surface area contributed by atoms with E-state index in [-0.39, 0.29) is 12.8 Å². The van der Waals surface area contributed by atoms with Crippen LogP contribution in [0.1, 0.15) is 6.92 Å². The predicted octanol–water partition coefficient (Wildman–Crippen LogP) is 3.17. The first kappa shape index (κ1) is 17.3. The lowest BCUT2D eigenvalue weighted by atomic mass is 10.2. The third kappa shape index (κ3) is 3.72. The van der Waals surface area contributed by atoms with Crippen LogP contribution in [0.25, 0.3) is 0 Å². The van der Waals surface area contributed by atoms with E-state index in [0.29, 0.717) is 31.1 Å². The zero-order valence-electron chi connectivity index (χ0n) is 15.3. The second-order valence-corrected chi connectivity index (χ2v) is 6.37. The molecule has 0 atom stereocenters. The number of benzene rings is 2. The van der Waals surface area contributed by atoms with Crippen LogP contribution in [0.5, 0.6) is 17.2 Å². The number of fused-ring (bicyclic) bond motifs is 1. The highest BCUT2D eigenvalue weighted by atomic mass is 16.7. The highest BCUT2D eigenvalue weighted by molar-refractivity contribution is 5.91. The highest BCUT2D eigenvalue weighted by Crippen LogP contribution is 2.35. The number of carbonyl (C=O) groups is 1. The van der Waals surface area contributed by atoms with Crippen LogP contribution < -0.4 is 24.4 Å². The Bertz CT molecular complexity index is 819. The Morgan fingerprint density at radius 2 is 1.85 bits per heavy atom. The van der Waals surface area contributed by atoms with E-state index in [2.05, 4.69) is 10.2 Å². The molecule has 7 nitrogen and oxygen atoms in total. The van der Waals surface area contributed by atoms with Crippen LogP contribution in [0.3, 0.4) is 0 Å². The standard InChI is InChI=1S/C20H23N3O4/c1-2-25-17-6-4-3-5-16(17)21-20(24)23-11-9-22(10-12-23)15-7-8-18-19(13-15)27-14-26-18/h3-8,13H,2,9-12,14H2,1H3,(H,21,24). The number of carbonyl (C=O) groups excluding carboxylic acids is 1. The van der Waals surface area contributed by atoms with Crippen molar-refractivity contribution in [3.05, 3.63) is 42.5 Å². The van der Waals surface area contributed by atoms with Gasteiger partial charge in [-0.1, -0.05) is 12.1 Å². The second-order valence-electron chi connectivity index (χ2n) is 6.37. The van der Waals surface area contributed by atoms with Gasteiger partial charge in [0.2, 0.25) is 6.79 Å². The summed E-state index contributed by atoms with van der Waals surface area (Å²) in [7, 11) is 0. The van der Waals surface area contributed by atoms with E-state index in [4.69, 9.17) is 14.2 Å². The second kappa shape index (κ2) is 7.65. The number of hydrogen-bond acceptors (Lipinski definition) is 5. The van der Waals surface area contributed by atoms with Crippen molar-refractivity contribution in [1.29, 1.82) is 0 Å². The summed E-state index contributed by atoms with van der Waals surface area (Å²) in [6, 6.07) is 13.3. The molecule has 1 fully saturated rings. The minimum atomic E-state index is -0.104. The third-order valence-electron chi connectivity index (χ3n) is 4.72. The molecule has 1 saturated heterocycles. The van der Waals surface area contributed by atoms with Gasteiger partial charge in [-0.05, 0) is 31.2 Å². The van der Waals surface area contributed by atoms with Crippen molar-refractivity contribution in [2.75, 3.05) is 49.8 Å². The van der Waals surface area contributed by atoms with E-state index in [1.165, 1.54) is 0 Å². The maximum Gasteiger partial charge on any atom is 0.322 e. The molecule has 1 N–H and O–H groups in total. The molecular weight excluding hydrogens is 346 g/mol. The number of anilines is 2. The average molecular weight is 369 g/mol. The molecule has 0 radical (unpaired) electrons. The Morgan fingerprint density at radius 1 is 1.07 bits per heavy atom. The van der Waals surface area contributed by atoms with Gasteiger partial charge in [0.25, 0.3) is 0 Å². The largest absolute Gasteiger partial charge is 0.492 e. The smallest absolute Gasteiger partial charge is 0.322 e. The fourth-order valence-electron chi connectivity index (χ4n) is 3.30. The van der Waals surface area contributed by atoms with Crippen LogP contribution in [0.15, 0.2) is 42.5 Å². The number of rotatable bonds is 4. The first-order chi connectivity index (χ1) is 13.2. The van der Waals surface area contributed by atoms with Crippen LogP contribution in [0.4, 0.5) is 16.2 Å². The molecule has 2 heterocycles. The normalized spacial score (nSPS) is 15.6. The molecule has 0 unspecified atom stereocenters. The molecule has 2 aromatic carbocycles. The number of urea groups is 1. The van der Waals surface area contributed by atoms with Gasteiger partial charge >= 0.3 is 6.03 Å². The Hall–Kier alpha value is -3.09. The summed E-state index contributed by atoms with van der Waals surface area (Å²) in [5, 5.41) is 2.96. The summed E-state index contributed by atoms with van der Waals surface area (Å²) in [6.45, 7) is 5.58. The van der Waals surface area contributed by atoms with Gasteiger partial charge in [0.15, 0.2) is 11.5 Å². The number of para-hydroxylation sites is 2. The summed E-state index contributed by atoms with van der Waals surface area (Å²) in [5.41, 5.74) is 1.78. The van der Waals surface area contributed by atoms with Crippen LogP contribution in [-0.2, 0) is 0 Å². The van der Waals surface area contributed by atoms with Crippen molar-refractivity contribution in [2.24, 2.45) is 0 Å². The number of piperazine rings is 1. The molecule has 0 saturated carbocycles. The molecule has 7 heteroatoms. The number of ether oxygens (including phenoxy) is 3. The summed E-state index contributed by atoms with van der Waals surface area (Å²) in [5.74, 6) is 2.25. The molecule has 2 aliphatic heterocycles. The predicted molar refractivity (Wildman–Crippen MR) is 103 cm³/mol. The molecule has 2 amide bonds. The SMILES string of the molecule is CCOc1ccccc1NC(=O)N1CCN(c2ccc3c(c2)OCO3)CC1. The van der Waals surface area contributed by atoms with Gasteiger partial charge in [-0.15, -0.1) is 0 Å². The van der Waals surface area contributed by atoms with Gasteiger partial charge in [-0.3, -0.25) is 0 Å². The maximum absolute atomic E-state index is 12.6. The Labute approximate surface area is 158 Å². The zero-order valence-corrected chi connectivity index (χ0v) is 15.3. The number of hydrogen-bond donors (Lipinski definition) is 1. The van der Waals surface area contributed by atoms with Gasteiger partial charge in [0, 0.05) is 37.9 Å². The van der Waals surface area contributed by atoms with Gasteiger partial charge in [0.05, 0.1) is 12.3 Å². The van der Waals surface area contributed by atoms with Crippen LogP contribution in [0.2, 0.25) is 0 Å². The molecular formula is C20H23N3O4. The van der Waals surface area contributed by atoms with E-state index in [9.17, 15) is 4.79 Å². The number of nitrogens with one attached hydrogen (secondary N) is 1. The van der Waals surface area contributed by atoms with E-state index in [0.717, 1.165) is 30.3 Å². The van der Waals surface area contributed by atoms with E-state index >= 15 is 0 Å². The zero-order chi connectivity index (χ0) is 18.6. The highest BCUT2D eigenvalue weighted by Gasteiger charge is 2.23. The van der Waals surface area contributed by atoms with Gasteiger partial charge in [0.1, 0.15) is 5.75 Å². The van der Waals surface area contributed by atoms with Crippen molar-refractivity contribution < 1.29 is 19.0 Å². The molecule has 0 aromatic heterocycles. The fourth-order valence-corrected chi connectivity index (χ4v) is 3.30. The lowest BCUT2D eigenvalue weighted by Gasteiger charge is -2.36. The van der Waals surface area contributed by atoms with E-state index in [1.54, 1.807) is 0 Å². The summed E-state index contributed by atoms with van der Waals surface area (Å²) in [4.78, 5) is 16.7. The third-order valence-corrected chi connectivity index (χ3v) is 4.72. The summed E-state index contributed by atoms with van der Waals surface area (Å²) < 4.78 is 16.4. The first-order valence-electron chi connectivity index (χ1n) is 9.17. The molecule has 27 heavy (non-hydrogen) atoms. The Kier molecular flexibility index (Phi) is 4.91. The van der Waals surface area contributed by atoms with Crippen molar-refractivity contribution in [2.45, 2.75) is 6.92 Å². The molecule has 0 spiro atoms. The quantitative estimate of drug-likeness (QED) is 0.897. The minimum absolute atomic E-state index is 0.104. The number of amides is 2. The topological polar surface area (TPSA) is 63.3 Å². The molecule has 2 aromatic rings. The van der Waals surface area contributed by atoms with Gasteiger partial charge in [-0.25, -0.2) is 4.79 Å². The average Bonchev–Trinajstić information content (AvgIpc) is 3.17. The molecule has 2 aliphatic rings. The molecule has 142 valence electrons. The van der Waals surface area contributed by atoms with Crippen molar-refractivity contribution in [3.8, 4) is 17.2 Å². The monoisotopic (exact) mass is 369 g/mol. The van der Waals surface area contributed by atoms with Crippen molar-refractivity contribution >= 4 is 17.4 Å². The van der Waals surface area contributed by atoms with Gasteiger partial charge in [-0.2, -0.15) is 0 Å². The summed E-state index contributed by atoms with van der Waals surface area (Å²) >= 11 is 0. The lowest BCUT2D eigenvalue weighted by molar-refractivity contribution is 0.174. The van der Waals surface area contributed by atoms with Crippen molar-refractivity contribution in [1.82, 2.24) is 4.90 Å². The van der Waals surface area contributed by atoms with Crippen LogP contribution >= 0.6 is 0 Å². The minimum Gasteiger partial charge on any atom is -0.492 e. The maximum atomic E-state index is 12.6. The lowest BCUT2D eigenvalue weighted by Crippen LogP contribution is -2.50. The first-order valence-corrected chi connectivity index (χ1v) is 9.17. The van der Waals surface area contributed by atoms with Crippen molar-refractivity contribution in [3.63, 3.8) is 0 Å².